The minimum Gasteiger partial charge on any atom is -0.445 e. The maximum atomic E-state index is 13.0. The Morgan fingerprint density at radius 3 is 2.71 bits per heavy atom. The summed E-state index contributed by atoms with van der Waals surface area (Å²) in [6, 6.07) is 15.9. The number of aromatic nitrogens is 2. The maximum absolute atomic E-state index is 13.0. The van der Waals surface area contributed by atoms with Gasteiger partial charge >= 0.3 is 6.09 Å². The second kappa shape index (κ2) is 12.4. The van der Waals surface area contributed by atoms with Crippen LogP contribution >= 0.6 is 15.9 Å². The first-order chi connectivity index (χ1) is 18.4. The first-order valence-electron chi connectivity index (χ1n) is 12.1. The van der Waals surface area contributed by atoms with Crippen molar-refractivity contribution < 1.29 is 19.1 Å². The molecule has 3 amide bonds. The van der Waals surface area contributed by atoms with E-state index < -0.39 is 23.9 Å². The molecule has 1 fully saturated rings. The van der Waals surface area contributed by atoms with E-state index in [0.717, 1.165) is 23.1 Å². The van der Waals surface area contributed by atoms with E-state index in [1.807, 2.05) is 61.5 Å². The average molecular weight is 582 g/mol. The molecule has 1 atom stereocenters. The molecule has 0 saturated carbocycles. The van der Waals surface area contributed by atoms with E-state index in [1.165, 1.54) is 4.90 Å². The number of aromatic amines is 1. The maximum Gasteiger partial charge on any atom is 0.410 e. The van der Waals surface area contributed by atoms with Gasteiger partial charge < -0.3 is 26.0 Å². The van der Waals surface area contributed by atoms with Crippen molar-refractivity contribution in [1.29, 1.82) is 0 Å². The zero-order valence-corrected chi connectivity index (χ0v) is 22.3. The van der Waals surface area contributed by atoms with E-state index in [9.17, 15) is 14.4 Å². The second-order valence-corrected chi connectivity index (χ2v) is 9.34. The molecule has 12 heteroatoms. The van der Waals surface area contributed by atoms with Crippen LogP contribution < -0.4 is 16.4 Å². The molecule has 11 nitrogen and oxygen atoms in total. The minimum atomic E-state index is -1.00. The molecule has 1 saturated heterocycles. The molecule has 4 rings (SSSR count). The van der Waals surface area contributed by atoms with Crippen LogP contribution in [0, 0.1) is 0 Å². The first-order valence-corrected chi connectivity index (χ1v) is 12.9. The predicted octanol–water partition coefficient (Wildman–Crippen LogP) is 2.64. The van der Waals surface area contributed by atoms with Crippen LogP contribution in [0.25, 0.3) is 0 Å². The Morgan fingerprint density at radius 1 is 1.21 bits per heavy atom. The lowest BCUT2D eigenvalue weighted by molar-refractivity contribution is -0.122. The van der Waals surface area contributed by atoms with Gasteiger partial charge in [0.25, 0.3) is 5.91 Å². The van der Waals surface area contributed by atoms with E-state index in [-0.39, 0.29) is 43.6 Å². The average Bonchev–Trinajstić information content (AvgIpc) is 3.19. The van der Waals surface area contributed by atoms with Gasteiger partial charge in [-0.15, -0.1) is 0 Å². The lowest BCUT2D eigenvalue weighted by Gasteiger charge is -2.23. The van der Waals surface area contributed by atoms with Crippen molar-refractivity contribution in [2.45, 2.75) is 26.0 Å². The van der Waals surface area contributed by atoms with Gasteiger partial charge in [-0.05, 0) is 33.5 Å². The summed E-state index contributed by atoms with van der Waals surface area (Å²) >= 11 is 3.36. The Labute approximate surface area is 228 Å². The number of nitrogens with one attached hydrogen (secondary N) is 3. The largest absolute Gasteiger partial charge is 0.445 e. The van der Waals surface area contributed by atoms with E-state index in [0.29, 0.717) is 4.47 Å². The quantitative estimate of drug-likeness (QED) is 0.248. The fourth-order valence-corrected chi connectivity index (χ4v) is 4.39. The van der Waals surface area contributed by atoms with Gasteiger partial charge in [-0.2, -0.15) is 5.10 Å². The topological polar surface area (TPSA) is 155 Å². The van der Waals surface area contributed by atoms with Crippen molar-refractivity contribution in [2.24, 2.45) is 10.7 Å². The lowest BCUT2D eigenvalue weighted by Crippen LogP contribution is -2.50. The Balaban J connectivity index is 1.43. The van der Waals surface area contributed by atoms with E-state index >= 15 is 0 Å². The van der Waals surface area contributed by atoms with E-state index in [4.69, 9.17) is 10.5 Å². The van der Waals surface area contributed by atoms with Crippen LogP contribution in [-0.2, 0) is 22.6 Å². The molecule has 38 heavy (non-hydrogen) atoms. The zero-order valence-electron chi connectivity index (χ0n) is 20.7. The summed E-state index contributed by atoms with van der Waals surface area (Å²) in [6.07, 6.45) is 0.203. The molecule has 198 valence electrons. The fourth-order valence-electron chi connectivity index (χ4n) is 3.95. The third-order valence-corrected chi connectivity index (χ3v) is 6.74. The number of aliphatic imine (C=N–C) groups is 1. The van der Waals surface area contributed by atoms with Crippen molar-refractivity contribution >= 4 is 45.5 Å². The molecule has 2 aromatic carbocycles. The number of carbonyl (C=O) groups is 3. The van der Waals surface area contributed by atoms with E-state index in [1.54, 1.807) is 0 Å². The Morgan fingerprint density at radius 2 is 1.95 bits per heavy atom. The highest BCUT2D eigenvalue weighted by molar-refractivity contribution is 9.10. The standard InChI is InChI=1S/C26H28BrN7O4/c1-2-17-10-6-7-11-18(17)22(28)31-23-20(27)21(32-33-23)25(36)30-19-14-34(13-12-29-24(19)35)26(37)38-15-16-8-4-3-5-9-16/h3-11,19H,2,12-15H2,1H3,(H,29,35)(H,30,36)(H3,28,31,32,33). The minimum absolute atomic E-state index is 0.0529. The van der Waals surface area contributed by atoms with Gasteiger partial charge in [0.05, 0.1) is 11.0 Å². The van der Waals surface area contributed by atoms with Crippen molar-refractivity contribution in [3.05, 3.63) is 81.5 Å². The Kier molecular flexibility index (Phi) is 8.74. The van der Waals surface area contributed by atoms with Gasteiger partial charge in [0.1, 0.15) is 24.2 Å². The van der Waals surface area contributed by atoms with Gasteiger partial charge in [0.15, 0.2) is 5.82 Å². The summed E-state index contributed by atoms with van der Waals surface area (Å²) in [5.74, 6) is -0.562. The van der Waals surface area contributed by atoms with Crippen LogP contribution in [0.5, 0.6) is 0 Å². The molecule has 5 N–H and O–H groups in total. The van der Waals surface area contributed by atoms with Gasteiger partial charge in [-0.1, -0.05) is 61.5 Å². The number of hydrogen-bond acceptors (Lipinski definition) is 6. The normalized spacial score (nSPS) is 15.9. The zero-order chi connectivity index (χ0) is 27.1. The van der Waals surface area contributed by atoms with Crippen LogP contribution in [0.3, 0.4) is 0 Å². The van der Waals surface area contributed by atoms with Gasteiger partial charge in [-0.3, -0.25) is 14.7 Å². The molecule has 0 spiro atoms. The molecular formula is C26H28BrN7O4. The number of amidine groups is 1. The van der Waals surface area contributed by atoms with Crippen molar-refractivity contribution in [1.82, 2.24) is 25.7 Å². The molecule has 0 radical (unpaired) electrons. The summed E-state index contributed by atoms with van der Waals surface area (Å²) in [7, 11) is 0. The smallest absolute Gasteiger partial charge is 0.410 e. The fraction of sp³-hybridized carbons (Fsp3) is 0.269. The number of hydrogen-bond donors (Lipinski definition) is 4. The summed E-state index contributed by atoms with van der Waals surface area (Å²) in [4.78, 5) is 44.1. The first kappa shape index (κ1) is 26.9. The Bertz CT molecular complexity index is 1340. The molecule has 0 aliphatic carbocycles. The number of halogens is 1. The van der Waals surface area contributed by atoms with E-state index in [2.05, 4.69) is 41.8 Å². The highest BCUT2D eigenvalue weighted by Gasteiger charge is 2.31. The molecule has 0 bridgehead atoms. The van der Waals surface area contributed by atoms with Crippen molar-refractivity contribution in [3.63, 3.8) is 0 Å². The number of aryl methyl sites for hydroxylation is 1. The van der Waals surface area contributed by atoms with Gasteiger partial charge in [-0.25, -0.2) is 9.79 Å². The third kappa shape index (κ3) is 6.38. The number of ether oxygens (including phenoxy) is 1. The number of rotatable bonds is 7. The highest BCUT2D eigenvalue weighted by Crippen LogP contribution is 2.27. The number of nitrogens with zero attached hydrogens (tertiary/aromatic N) is 3. The number of H-pyrrole nitrogens is 1. The number of amides is 3. The predicted molar refractivity (Wildman–Crippen MR) is 145 cm³/mol. The SMILES string of the molecule is CCc1ccccc1C(N)=Nc1n[nH]c(C(=O)NC2CN(C(=O)OCc3ccccc3)CCNC2=O)c1Br. The number of benzene rings is 2. The van der Waals surface area contributed by atoms with Crippen molar-refractivity contribution in [2.75, 3.05) is 19.6 Å². The number of carbonyl (C=O) groups excluding carboxylic acids is 3. The third-order valence-electron chi connectivity index (χ3n) is 5.99. The lowest BCUT2D eigenvalue weighted by atomic mass is 10.0. The van der Waals surface area contributed by atoms with Crippen LogP contribution in [0.2, 0.25) is 0 Å². The van der Waals surface area contributed by atoms with Crippen LogP contribution in [0.15, 0.2) is 64.1 Å². The van der Waals surface area contributed by atoms with Gasteiger partial charge in [0, 0.05) is 18.7 Å². The molecule has 1 aliphatic rings. The monoisotopic (exact) mass is 581 g/mol. The van der Waals surface area contributed by atoms with Crippen molar-refractivity contribution in [3.8, 4) is 0 Å². The molecular weight excluding hydrogens is 554 g/mol. The molecule has 3 aromatic rings. The van der Waals surface area contributed by atoms with Crippen LogP contribution in [0.4, 0.5) is 10.6 Å². The molecule has 1 aromatic heterocycles. The van der Waals surface area contributed by atoms with Gasteiger partial charge in [0.2, 0.25) is 5.91 Å². The molecule has 1 unspecified atom stereocenters. The molecule has 2 heterocycles. The van der Waals surface area contributed by atoms with Crippen LogP contribution in [0.1, 0.15) is 34.1 Å². The summed E-state index contributed by atoms with van der Waals surface area (Å²) < 4.78 is 5.69. The molecule has 1 aliphatic heterocycles. The second-order valence-electron chi connectivity index (χ2n) is 8.55. The highest BCUT2D eigenvalue weighted by atomic mass is 79.9. The summed E-state index contributed by atoms with van der Waals surface area (Å²) in [5, 5.41) is 12.1. The number of nitrogens with two attached hydrogens (primary N) is 1. The summed E-state index contributed by atoms with van der Waals surface area (Å²) in [5.41, 5.74) is 8.94. The van der Waals surface area contributed by atoms with Crippen LogP contribution in [-0.4, -0.2) is 64.5 Å². The summed E-state index contributed by atoms with van der Waals surface area (Å²) in [6.45, 7) is 2.55. The Hall–Kier alpha value is -4.19.